The van der Waals surface area contributed by atoms with Crippen LogP contribution in [0, 0.1) is 19.3 Å². The van der Waals surface area contributed by atoms with E-state index < -0.39 is 0 Å². The summed E-state index contributed by atoms with van der Waals surface area (Å²) in [7, 11) is 0. The van der Waals surface area contributed by atoms with Crippen LogP contribution >= 0.6 is 0 Å². The first-order valence-electron chi connectivity index (χ1n) is 4.62. The molecular weight excluding hydrogens is 190 g/mol. The van der Waals surface area contributed by atoms with Crippen LogP contribution in [-0.2, 0) is 0 Å². The van der Waals surface area contributed by atoms with Gasteiger partial charge in [-0.25, -0.2) is 0 Å². The lowest BCUT2D eigenvalue weighted by Crippen LogP contribution is -2.31. The summed E-state index contributed by atoms with van der Waals surface area (Å²) in [6.45, 7) is 3.43. The summed E-state index contributed by atoms with van der Waals surface area (Å²) in [5.74, 6) is 2.03. The molecule has 3 heteroatoms. The van der Waals surface area contributed by atoms with Crippen molar-refractivity contribution in [1.82, 2.24) is 5.32 Å². The molecule has 0 heterocycles. The Balaban J connectivity index is 2.93. The van der Waals surface area contributed by atoms with Gasteiger partial charge in [-0.1, -0.05) is 18.1 Å². The quantitative estimate of drug-likeness (QED) is 0.715. The minimum Gasteiger partial charge on any atom is -0.507 e. The Morgan fingerprint density at radius 2 is 2.27 bits per heavy atom. The molecule has 78 valence electrons. The molecule has 0 saturated heterocycles. The number of hydrogen-bond acceptors (Lipinski definition) is 2. The summed E-state index contributed by atoms with van der Waals surface area (Å²) in [5.41, 5.74) is 0.910. The summed E-state index contributed by atoms with van der Waals surface area (Å²) in [6.07, 6.45) is 5.14. The molecular formula is C12H13NO2. The summed E-state index contributed by atoms with van der Waals surface area (Å²) >= 11 is 0. The molecule has 3 nitrogen and oxygen atoms in total. The highest BCUT2D eigenvalue weighted by atomic mass is 16.3. The number of aryl methyl sites for hydroxylation is 1. The summed E-state index contributed by atoms with van der Waals surface area (Å²) in [6, 6.07) is 4.65. The normalized spacial score (nSPS) is 11.5. The van der Waals surface area contributed by atoms with E-state index in [-0.39, 0.29) is 23.3 Å². The van der Waals surface area contributed by atoms with Crippen LogP contribution in [0.25, 0.3) is 0 Å². The lowest BCUT2D eigenvalue weighted by atomic mass is 10.1. The van der Waals surface area contributed by atoms with Gasteiger partial charge in [0.05, 0.1) is 11.6 Å². The first-order valence-corrected chi connectivity index (χ1v) is 4.62. The molecule has 0 aromatic heterocycles. The second-order valence-corrected chi connectivity index (χ2v) is 3.33. The fraction of sp³-hybridized carbons (Fsp3) is 0.250. The second-order valence-electron chi connectivity index (χ2n) is 3.33. The van der Waals surface area contributed by atoms with E-state index in [9.17, 15) is 9.90 Å². The van der Waals surface area contributed by atoms with Gasteiger partial charge >= 0.3 is 0 Å². The van der Waals surface area contributed by atoms with Crippen molar-refractivity contribution in [1.29, 1.82) is 0 Å². The number of amides is 1. The number of hydrogen-bond donors (Lipinski definition) is 2. The van der Waals surface area contributed by atoms with Crippen molar-refractivity contribution in [3.05, 3.63) is 29.3 Å². The van der Waals surface area contributed by atoms with Gasteiger partial charge in [-0.15, -0.1) is 6.42 Å². The van der Waals surface area contributed by atoms with Gasteiger partial charge in [0.1, 0.15) is 5.75 Å². The Kier molecular flexibility index (Phi) is 3.35. The number of benzene rings is 1. The zero-order valence-electron chi connectivity index (χ0n) is 8.74. The number of nitrogens with one attached hydrogen (secondary N) is 1. The number of aromatic hydroxyl groups is 1. The third kappa shape index (κ3) is 2.50. The van der Waals surface area contributed by atoms with Crippen molar-refractivity contribution in [3.8, 4) is 18.1 Å². The van der Waals surface area contributed by atoms with E-state index in [1.807, 2.05) is 0 Å². The van der Waals surface area contributed by atoms with Crippen LogP contribution in [0.1, 0.15) is 22.8 Å². The summed E-state index contributed by atoms with van der Waals surface area (Å²) in [5, 5.41) is 12.2. The average Bonchev–Trinajstić information content (AvgIpc) is 2.21. The molecule has 1 rings (SSSR count). The van der Waals surface area contributed by atoms with Gasteiger partial charge in [0.25, 0.3) is 5.91 Å². The molecule has 0 aliphatic heterocycles. The van der Waals surface area contributed by atoms with Crippen molar-refractivity contribution in [2.45, 2.75) is 19.9 Å². The van der Waals surface area contributed by atoms with Gasteiger partial charge in [0, 0.05) is 0 Å². The minimum absolute atomic E-state index is 0.000721. The van der Waals surface area contributed by atoms with Gasteiger partial charge in [-0.05, 0) is 25.5 Å². The highest BCUT2D eigenvalue weighted by Crippen LogP contribution is 2.21. The van der Waals surface area contributed by atoms with E-state index in [2.05, 4.69) is 11.2 Å². The monoisotopic (exact) mass is 203 g/mol. The summed E-state index contributed by atoms with van der Waals surface area (Å²) < 4.78 is 0. The number of rotatable bonds is 2. The Morgan fingerprint density at radius 3 is 2.87 bits per heavy atom. The third-order valence-corrected chi connectivity index (χ3v) is 2.08. The highest BCUT2D eigenvalue weighted by molar-refractivity contribution is 5.97. The van der Waals surface area contributed by atoms with E-state index in [0.29, 0.717) is 5.56 Å². The minimum atomic E-state index is -0.360. The SMILES string of the molecule is C#CC(C)NC(=O)c1cccc(C)c1O. The van der Waals surface area contributed by atoms with E-state index >= 15 is 0 Å². The van der Waals surface area contributed by atoms with Crippen molar-refractivity contribution < 1.29 is 9.90 Å². The Morgan fingerprint density at radius 1 is 1.60 bits per heavy atom. The highest BCUT2D eigenvalue weighted by Gasteiger charge is 2.13. The van der Waals surface area contributed by atoms with Crippen LogP contribution < -0.4 is 5.32 Å². The Labute approximate surface area is 89.1 Å². The Hall–Kier alpha value is -1.95. The zero-order valence-corrected chi connectivity index (χ0v) is 8.74. The van der Waals surface area contributed by atoms with Gasteiger partial charge < -0.3 is 10.4 Å². The average molecular weight is 203 g/mol. The number of phenolic OH excluding ortho intramolecular Hbond substituents is 1. The standard InChI is InChI=1S/C12H13NO2/c1-4-9(3)13-12(15)10-7-5-6-8(2)11(10)14/h1,5-7,9,14H,2-3H3,(H,13,15). The predicted octanol–water partition coefficient (Wildman–Crippen LogP) is 1.45. The van der Waals surface area contributed by atoms with E-state index in [4.69, 9.17) is 6.42 Å². The number of carbonyl (C=O) groups excluding carboxylic acids is 1. The Bertz CT molecular complexity index is 418. The van der Waals surface area contributed by atoms with Crippen molar-refractivity contribution >= 4 is 5.91 Å². The predicted molar refractivity (Wildman–Crippen MR) is 58.6 cm³/mol. The fourth-order valence-corrected chi connectivity index (χ4v) is 1.16. The number of para-hydroxylation sites is 1. The fourth-order valence-electron chi connectivity index (χ4n) is 1.16. The van der Waals surface area contributed by atoms with E-state index in [0.717, 1.165) is 0 Å². The molecule has 1 amide bonds. The topological polar surface area (TPSA) is 49.3 Å². The number of terminal acetylenes is 1. The number of phenols is 1. The molecule has 0 fully saturated rings. The maximum absolute atomic E-state index is 11.6. The van der Waals surface area contributed by atoms with Gasteiger partial charge in [-0.3, -0.25) is 4.79 Å². The first-order chi connectivity index (χ1) is 7.06. The van der Waals surface area contributed by atoms with Crippen molar-refractivity contribution in [3.63, 3.8) is 0 Å². The van der Waals surface area contributed by atoms with Crippen LogP contribution in [0.15, 0.2) is 18.2 Å². The largest absolute Gasteiger partial charge is 0.507 e. The molecule has 1 atom stereocenters. The maximum atomic E-state index is 11.6. The van der Waals surface area contributed by atoms with Crippen molar-refractivity contribution in [2.75, 3.05) is 0 Å². The molecule has 0 saturated carbocycles. The van der Waals surface area contributed by atoms with Crippen LogP contribution in [0.4, 0.5) is 0 Å². The molecule has 1 aromatic carbocycles. The van der Waals surface area contributed by atoms with Gasteiger partial charge in [-0.2, -0.15) is 0 Å². The molecule has 2 N–H and O–H groups in total. The van der Waals surface area contributed by atoms with E-state index in [1.165, 1.54) is 0 Å². The molecule has 0 aliphatic carbocycles. The third-order valence-electron chi connectivity index (χ3n) is 2.08. The molecule has 0 radical (unpaired) electrons. The lowest BCUT2D eigenvalue weighted by Gasteiger charge is -2.09. The lowest BCUT2D eigenvalue weighted by molar-refractivity contribution is 0.0945. The molecule has 1 aromatic rings. The van der Waals surface area contributed by atoms with Crippen LogP contribution in [0.5, 0.6) is 5.75 Å². The van der Waals surface area contributed by atoms with Crippen LogP contribution in [-0.4, -0.2) is 17.1 Å². The van der Waals surface area contributed by atoms with Gasteiger partial charge in [0.2, 0.25) is 0 Å². The van der Waals surface area contributed by atoms with E-state index in [1.54, 1.807) is 32.0 Å². The van der Waals surface area contributed by atoms with Gasteiger partial charge in [0.15, 0.2) is 0 Å². The first kappa shape index (κ1) is 11.1. The second kappa shape index (κ2) is 4.52. The smallest absolute Gasteiger partial charge is 0.256 e. The van der Waals surface area contributed by atoms with Crippen molar-refractivity contribution in [2.24, 2.45) is 0 Å². The number of carbonyl (C=O) groups is 1. The molecule has 0 spiro atoms. The zero-order chi connectivity index (χ0) is 11.4. The molecule has 15 heavy (non-hydrogen) atoms. The maximum Gasteiger partial charge on any atom is 0.256 e. The molecule has 0 bridgehead atoms. The van der Waals surface area contributed by atoms with Crippen LogP contribution in [0.3, 0.4) is 0 Å². The molecule has 1 unspecified atom stereocenters. The molecule has 0 aliphatic rings. The summed E-state index contributed by atoms with van der Waals surface area (Å²) in [4.78, 5) is 11.6. The van der Waals surface area contributed by atoms with Crippen LogP contribution in [0.2, 0.25) is 0 Å².